The molecule has 3 rings (SSSR count). The summed E-state index contributed by atoms with van der Waals surface area (Å²) in [5, 5.41) is 13.4. The second-order valence-electron chi connectivity index (χ2n) is 4.98. The zero-order valence-corrected chi connectivity index (χ0v) is 11.9. The lowest BCUT2D eigenvalue weighted by Gasteiger charge is -2.12. The molecule has 0 aliphatic heterocycles. The standard InChI is InChI=1S/C17H13FN4/c1-10-2-4-13-12(16(10)20)6-7-21-17(13)22-15-5-3-11(9-19)8-14(15)18/h2-8H,20H2,1H3,(H,21,22). The highest BCUT2D eigenvalue weighted by molar-refractivity contribution is 6.01. The van der Waals surface area contributed by atoms with Crippen LogP contribution in [0, 0.1) is 24.1 Å². The highest BCUT2D eigenvalue weighted by Gasteiger charge is 2.09. The molecule has 108 valence electrons. The fraction of sp³-hybridized carbons (Fsp3) is 0.0588. The van der Waals surface area contributed by atoms with Crippen molar-refractivity contribution in [3.63, 3.8) is 0 Å². The number of aromatic nitrogens is 1. The van der Waals surface area contributed by atoms with Crippen molar-refractivity contribution in [2.24, 2.45) is 0 Å². The molecule has 0 aliphatic rings. The van der Waals surface area contributed by atoms with Crippen LogP contribution in [0.2, 0.25) is 0 Å². The average Bonchev–Trinajstić information content (AvgIpc) is 2.53. The first-order chi connectivity index (χ1) is 10.6. The van der Waals surface area contributed by atoms with E-state index < -0.39 is 5.82 Å². The van der Waals surface area contributed by atoms with Crippen LogP contribution in [0.25, 0.3) is 10.8 Å². The van der Waals surface area contributed by atoms with Crippen molar-refractivity contribution in [3.8, 4) is 6.07 Å². The topological polar surface area (TPSA) is 74.7 Å². The van der Waals surface area contributed by atoms with E-state index in [4.69, 9.17) is 11.0 Å². The minimum Gasteiger partial charge on any atom is -0.398 e. The highest BCUT2D eigenvalue weighted by atomic mass is 19.1. The van der Waals surface area contributed by atoms with Gasteiger partial charge in [-0.05, 0) is 36.8 Å². The number of hydrogen-bond donors (Lipinski definition) is 2. The summed E-state index contributed by atoms with van der Waals surface area (Å²) in [6, 6.07) is 11.8. The van der Waals surface area contributed by atoms with Crippen molar-refractivity contribution >= 4 is 28.0 Å². The minimum absolute atomic E-state index is 0.262. The summed E-state index contributed by atoms with van der Waals surface area (Å²) in [6.45, 7) is 1.93. The molecular weight excluding hydrogens is 279 g/mol. The third-order valence-corrected chi connectivity index (χ3v) is 3.56. The normalized spacial score (nSPS) is 10.4. The van der Waals surface area contributed by atoms with E-state index in [0.29, 0.717) is 11.5 Å². The molecule has 1 aromatic heterocycles. The fourth-order valence-electron chi connectivity index (χ4n) is 2.30. The number of rotatable bonds is 2. The van der Waals surface area contributed by atoms with Crippen LogP contribution in [0.3, 0.4) is 0 Å². The Morgan fingerprint density at radius 2 is 2.00 bits per heavy atom. The van der Waals surface area contributed by atoms with Gasteiger partial charge in [-0.2, -0.15) is 5.26 Å². The Labute approximate surface area is 127 Å². The Hall–Kier alpha value is -3.13. The molecule has 3 aromatic rings. The number of nitrogen functional groups attached to an aromatic ring is 1. The average molecular weight is 292 g/mol. The number of nitrogens with zero attached hydrogens (tertiary/aromatic N) is 2. The number of halogens is 1. The molecule has 0 spiro atoms. The van der Waals surface area contributed by atoms with E-state index in [9.17, 15) is 4.39 Å². The molecule has 1 heterocycles. The second-order valence-corrected chi connectivity index (χ2v) is 4.98. The number of nitrogens with one attached hydrogen (secondary N) is 1. The summed E-state index contributed by atoms with van der Waals surface area (Å²) < 4.78 is 14.0. The number of aryl methyl sites for hydroxylation is 1. The van der Waals surface area contributed by atoms with Crippen LogP contribution in [0.15, 0.2) is 42.6 Å². The molecule has 22 heavy (non-hydrogen) atoms. The summed E-state index contributed by atoms with van der Waals surface area (Å²) in [5.74, 6) is 0.0192. The molecule has 0 saturated heterocycles. The molecule has 4 nitrogen and oxygen atoms in total. The number of nitriles is 1. The van der Waals surface area contributed by atoms with E-state index in [0.717, 1.165) is 16.3 Å². The number of pyridine rings is 1. The van der Waals surface area contributed by atoms with Crippen LogP contribution < -0.4 is 11.1 Å². The summed E-state index contributed by atoms with van der Waals surface area (Å²) in [6.07, 6.45) is 1.63. The maximum atomic E-state index is 14.0. The second kappa shape index (κ2) is 5.34. The highest BCUT2D eigenvalue weighted by Crippen LogP contribution is 2.30. The van der Waals surface area contributed by atoms with E-state index in [1.165, 1.54) is 12.1 Å². The Kier molecular flexibility index (Phi) is 3.36. The maximum Gasteiger partial charge on any atom is 0.147 e. The van der Waals surface area contributed by atoms with Gasteiger partial charge in [0.1, 0.15) is 11.6 Å². The predicted octanol–water partition coefficient (Wildman–Crippen LogP) is 3.88. The predicted molar refractivity (Wildman–Crippen MR) is 85.3 cm³/mol. The zero-order chi connectivity index (χ0) is 15.7. The minimum atomic E-state index is -0.502. The Balaban J connectivity index is 2.09. The zero-order valence-electron chi connectivity index (χ0n) is 11.9. The van der Waals surface area contributed by atoms with Gasteiger partial charge in [-0.15, -0.1) is 0 Å². The largest absolute Gasteiger partial charge is 0.398 e. The van der Waals surface area contributed by atoms with Gasteiger partial charge in [0, 0.05) is 22.7 Å². The van der Waals surface area contributed by atoms with Gasteiger partial charge in [-0.25, -0.2) is 9.37 Å². The Morgan fingerprint density at radius 3 is 2.73 bits per heavy atom. The Morgan fingerprint density at radius 1 is 1.18 bits per heavy atom. The molecule has 0 radical (unpaired) electrons. The van der Waals surface area contributed by atoms with Crippen molar-refractivity contribution in [1.29, 1.82) is 5.26 Å². The van der Waals surface area contributed by atoms with Crippen molar-refractivity contribution in [2.45, 2.75) is 6.92 Å². The van der Waals surface area contributed by atoms with Crippen LogP contribution in [0.1, 0.15) is 11.1 Å². The molecule has 0 amide bonds. The number of benzene rings is 2. The molecule has 0 atom stereocenters. The third-order valence-electron chi connectivity index (χ3n) is 3.56. The van der Waals surface area contributed by atoms with Crippen LogP contribution in [0.5, 0.6) is 0 Å². The quantitative estimate of drug-likeness (QED) is 0.703. The van der Waals surface area contributed by atoms with E-state index in [1.54, 1.807) is 12.3 Å². The lowest BCUT2D eigenvalue weighted by molar-refractivity contribution is 0.631. The SMILES string of the molecule is Cc1ccc2c(Nc3ccc(C#N)cc3F)nccc2c1N. The first kappa shape index (κ1) is 13.8. The number of nitrogens with two attached hydrogens (primary N) is 1. The van der Waals surface area contributed by atoms with Gasteiger partial charge in [0.25, 0.3) is 0 Å². The van der Waals surface area contributed by atoms with E-state index in [1.807, 2.05) is 31.2 Å². The van der Waals surface area contributed by atoms with E-state index >= 15 is 0 Å². The van der Waals surface area contributed by atoms with Crippen molar-refractivity contribution in [3.05, 3.63) is 59.5 Å². The van der Waals surface area contributed by atoms with Crippen molar-refractivity contribution in [2.75, 3.05) is 11.1 Å². The van der Waals surface area contributed by atoms with Crippen LogP contribution in [-0.2, 0) is 0 Å². The van der Waals surface area contributed by atoms with Crippen LogP contribution in [-0.4, -0.2) is 4.98 Å². The van der Waals surface area contributed by atoms with Gasteiger partial charge in [-0.1, -0.05) is 12.1 Å². The monoisotopic (exact) mass is 292 g/mol. The first-order valence-corrected chi connectivity index (χ1v) is 6.70. The lowest BCUT2D eigenvalue weighted by Crippen LogP contribution is -1.99. The Bertz CT molecular complexity index is 912. The van der Waals surface area contributed by atoms with Crippen molar-refractivity contribution < 1.29 is 4.39 Å². The maximum absolute atomic E-state index is 14.0. The summed E-state index contributed by atoms with van der Waals surface area (Å²) in [4.78, 5) is 4.26. The summed E-state index contributed by atoms with van der Waals surface area (Å²) >= 11 is 0. The smallest absolute Gasteiger partial charge is 0.147 e. The molecule has 0 bridgehead atoms. The van der Waals surface area contributed by atoms with Gasteiger partial charge < -0.3 is 11.1 Å². The molecule has 3 N–H and O–H groups in total. The number of anilines is 3. The van der Waals surface area contributed by atoms with E-state index in [2.05, 4.69) is 10.3 Å². The third kappa shape index (κ3) is 2.31. The summed E-state index contributed by atoms with van der Waals surface area (Å²) in [7, 11) is 0. The summed E-state index contributed by atoms with van der Waals surface area (Å²) in [5.41, 5.74) is 8.28. The van der Waals surface area contributed by atoms with Crippen molar-refractivity contribution in [1.82, 2.24) is 4.98 Å². The molecule has 5 heteroatoms. The van der Waals surface area contributed by atoms with Gasteiger partial charge >= 0.3 is 0 Å². The molecule has 2 aromatic carbocycles. The fourth-order valence-corrected chi connectivity index (χ4v) is 2.30. The molecule has 0 saturated carbocycles. The number of hydrogen-bond acceptors (Lipinski definition) is 4. The first-order valence-electron chi connectivity index (χ1n) is 6.70. The van der Waals surface area contributed by atoms with Gasteiger partial charge in [0.05, 0.1) is 17.3 Å². The van der Waals surface area contributed by atoms with Gasteiger partial charge in [0.15, 0.2) is 0 Å². The molecular formula is C17H13FN4. The number of fused-ring (bicyclic) bond motifs is 1. The van der Waals surface area contributed by atoms with Gasteiger partial charge in [-0.3, -0.25) is 0 Å². The van der Waals surface area contributed by atoms with E-state index in [-0.39, 0.29) is 11.3 Å². The molecule has 0 unspecified atom stereocenters. The molecule has 0 fully saturated rings. The molecule has 0 aliphatic carbocycles. The van der Waals surface area contributed by atoms with Crippen LogP contribution in [0.4, 0.5) is 21.6 Å². The lowest BCUT2D eigenvalue weighted by atomic mass is 10.1. The van der Waals surface area contributed by atoms with Gasteiger partial charge in [0.2, 0.25) is 0 Å². The van der Waals surface area contributed by atoms with Crippen LogP contribution >= 0.6 is 0 Å².